The van der Waals surface area contributed by atoms with Crippen molar-refractivity contribution in [3.63, 3.8) is 0 Å². The van der Waals surface area contributed by atoms with Gasteiger partial charge in [0.2, 0.25) is 0 Å². The average Bonchev–Trinajstić information content (AvgIpc) is 2.65. The highest BCUT2D eigenvalue weighted by molar-refractivity contribution is 5.20. The van der Waals surface area contributed by atoms with Crippen LogP contribution in [0.15, 0.2) is 42.7 Å². The van der Waals surface area contributed by atoms with Crippen LogP contribution in [0.5, 0.6) is 5.75 Å². The molecule has 1 aromatic carbocycles. The summed E-state index contributed by atoms with van der Waals surface area (Å²) in [6.07, 6.45) is 3.63. The van der Waals surface area contributed by atoms with Crippen LogP contribution in [0.1, 0.15) is 18.6 Å². The standard InChI is InChI=1S/C12H14N2O/c1-10(11-6-4-3-5-7-11)15-12-8-13-14(2)9-12/h3-10H,1-2H3. The molecule has 0 aliphatic rings. The van der Waals surface area contributed by atoms with Crippen molar-refractivity contribution in [1.82, 2.24) is 9.78 Å². The predicted molar refractivity (Wildman–Crippen MR) is 58.7 cm³/mol. The highest BCUT2D eigenvalue weighted by Gasteiger charge is 2.07. The Bertz CT molecular complexity index is 422. The molecule has 0 saturated heterocycles. The number of hydrogen-bond donors (Lipinski definition) is 0. The Hall–Kier alpha value is -1.77. The summed E-state index contributed by atoms with van der Waals surface area (Å²) < 4.78 is 7.47. The quantitative estimate of drug-likeness (QED) is 0.764. The third kappa shape index (κ3) is 2.37. The third-order valence-corrected chi connectivity index (χ3v) is 2.26. The molecule has 0 radical (unpaired) electrons. The van der Waals surface area contributed by atoms with Gasteiger partial charge >= 0.3 is 0 Å². The molecule has 2 rings (SSSR count). The Labute approximate surface area is 89.3 Å². The molecular weight excluding hydrogens is 188 g/mol. The van der Waals surface area contributed by atoms with Gasteiger partial charge in [0.1, 0.15) is 6.10 Å². The number of aryl methyl sites for hydroxylation is 1. The van der Waals surface area contributed by atoms with Crippen LogP contribution in [0.3, 0.4) is 0 Å². The first-order valence-electron chi connectivity index (χ1n) is 4.96. The van der Waals surface area contributed by atoms with Crippen molar-refractivity contribution in [2.45, 2.75) is 13.0 Å². The van der Waals surface area contributed by atoms with E-state index in [1.807, 2.05) is 38.4 Å². The highest BCUT2D eigenvalue weighted by atomic mass is 16.5. The molecule has 1 atom stereocenters. The van der Waals surface area contributed by atoms with Crippen LogP contribution >= 0.6 is 0 Å². The molecule has 0 bridgehead atoms. The molecule has 0 spiro atoms. The second-order valence-corrected chi connectivity index (χ2v) is 3.52. The first kappa shape index (κ1) is 9.77. The van der Waals surface area contributed by atoms with Gasteiger partial charge in [0, 0.05) is 7.05 Å². The minimum Gasteiger partial charge on any atom is -0.483 e. The van der Waals surface area contributed by atoms with E-state index in [2.05, 4.69) is 17.2 Å². The minimum atomic E-state index is 0.0513. The Morgan fingerprint density at radius 3 is 2.60 bits per heavy atom. The second kappa shape index (κ2) is 4.17. The lowest BCUT2D eigenvalue weighted by atomic mass is 10.1. The van der Waals surface area contributed by atoms with Crippen molar-refractivity contribution >= 4 is 0 Å². The highest BCUT2D eigenvalue weighted by Crippen LogP contribution is 2.20. The van der Waals surface area contributed by atoms with E-state index in [0.29, 0.717) is 0 Å². The number of benzene rings is 1. The van der Waals surface area contributed by atoms with E-state index in [9.17, 15) is 0 Å². The molecule has 3 heteroatoms. The third-order valence-electron chi connectivity index (χ3n) is 2.26. The summed E-state index contributed by atoms with van der Waals surface area (Å²) in [7, 11) is 1.88. The largest absolute Gasteiger partial charge is 0.483 e. The molecule has 0 amide bonds. The van der Waals surface area contributed by atoms with Crippen LogP contribution < -0.4 is 4.74 Å². The summed E-state index contributed by atoms with van der Waals surface area (Å²) in [5.41, 5.74) is 1.17. The fourth-order valence-corrected chi connectivity index (χ4v) is 1.46. The van der Waals surface area contributed by atoms with E-state index in [4.69, 9.17) is 4.74 Å². The summed E-state index contributed by atoms with van der Waals surface area (Å²) in [4.78, 5) is 0. The van der Waals surface area contributed by atoms with Crippen LogP contribution in [0.2, 0.25) is 0 Å². The first-order valence-corrected chi connectivity index (χ1v) is 4.96. The lowest BCUT2D eigenvalue weighted by Gasteiger charge is -2.12. The molecule has 0 N–H and O–H groups in total. The Kier molecular flexibility index (Phi) is 2.72. The van der Waals surface area contributed by atoms with Gasteiger partial charge in [-0.05, 0) is 12.5 Å². The molecule has 3 nitrogen and oxygen atoms in total. The van der Waals surface area contributed by atoms with Gasteiger partial charge in [-0.1, -0.05) is 30.3 Å². The Balaban J connectivity index is 2.07. The number of ether oxygens (including phenoxy) is 1. The van der Waals surface area contributed by atoms with E-state index >= 15 is 0 Å². The topological polar surface area (TPSA) is 27.1 Å². The molecule has 2 aromatic rings. The summed E-state index contributed by atoms with van der Waals surface area (Å²) >= 11 is 0. The van der Waals surface area contributed by atoms with E-state index in [1.165, 1.54) is 5.56 Å². The van der Waals surface area contributed by atoms with Crippen molar-refractivity contribution in [3.8, 4) is 5.75 Å². The van der Waals surface area contributed by atoms with Gasteiger partial charge in [-0.25, -0.2) is 0 Å². The van der Waals surface area contributed by atoms with Gasteiger partial charge < -0.3 is 4.74 Å². The molecule has 0 fully saturated rings. The van der Waals surface area contributed by atoms with Gasteiger partial charge in [0.25, 0.3) is 0 Å². The van der Waals surface area contributed by atoms with Crippen LogP contribution in [0.25, 0.3) is 0 Å². The van der Waals surface area contributed by atoms with Crippen LogP contribution in [0, 0.1) is 0 Å². The van der Waals surface area contributed by atoms with E-state index in [-0.39, 0.29) is 6.10 Å². The van der Waals surface area contributed by atoms with E-state index in [0.717, 1.165) is 5.75 Å². The van der Waals surface area contributed by atoms with Crippen LogP contribution in [-0.4, -0.2) is 9.78 Å². The van der Waals surface area contributed by atoms with Crippen LogP contribution in [-0.2, 0) is 7.05 Å². The number of aromatic nitrogens is 2. The summed E-state index contributed by atoms with van der Waals surface area (Å²) in [6.45, 7) is 2.03. The fraction of sp³-hybridized carbons (Fsp3) is 0.250. The first-order chi connectivity index (χ1) is 7.25. The second-order valence-electron chi connectivity index (χ2n) is 3.52. The Morgan fingerprint density at radius 2 is 2.00 bits per heavy atom. The maximum atomic E-state index is 5.74. The van der Waals surface area contributed by atoms with Gasteiger partial charge in [-0.2, -0.15) is 5.10 Å². The predicted octanol–water partition coefficient (Wildman–Crippen LogP) is 2.56. The number of hydrogen-bond acceptors (Lipinski definition) is 2. The van der Waals surface area contributed by atoms with Gasteiger partial charge in [0.05, 0.1) is 12.4 Å². The summed E-state index contributed by atoms with van der Waals surface area (Å²) in [5, 5.41) is 4.06. The van der Waals surface area contributed by atoms with E-state index in [1.54, 1.807) is 10.9 Å². The molecular formula is C12H14N2O. The maximum absolute atomic E-state index is 5.74. The van der Waals surface area contributed by atoms with Crippen molar-refractivity contribution < 1.29 is 4.74 Å². The monoisotopic (exact) mass is 202 g/mol. The lowest BCUT2D eigenvalue weighted by Crippen LogP contribution is -2.01. The molecule has 15 heavy (non-hydrogen) atoms. The molecule has 1 aromatic heterocycles. The maximum Gasteiger partial charge on any atom is 0.158 e. The van der Waals surface area contributed by atoms with Crippen molar-refractivity contribution in [1.29, 1.82) is 0 Å². The van der Waals surface area contributed by atoms with Gasteiger partial charge in [-0.3, -0.25) is 4.68 Å². The Morgan fingerprint density at radius 1 is 1.27 bits per heavy atom. The zero-order chi connectivity index (χ0) is 10.7. The SMILES string of the molecule is CC(Oc1cnn(C)c1)c1ccccc1. The zero-order valence-corrected chi connectivity index (χ0v) is 8.92. The lowest BCUT2D eigenvalue weighted by molar-refractivity contribution is 0.227. The zero-order valence-electron chi connectivity index (χ0n) is 8.92. The van der Waals surface area contributed by atoms with Crippen molar-refractivity contribution in [2.75, 3.05) is 0 Å². The smallest absolute Gasteiger partial charge is 0.158 e. The van der Waals surface area contributed by atoms with Crippen molar-refractivity contribution in [2.24, 2.45) is 7.05 Å². The van der Waals surface area contributed by atoms with Gasteiger partial charge in [0.15, 0.2) is 5.75 Å². The van der Waals surface area contributed by atoms with Crippen molar-refractivity contribution in [3.05, 3.63) is 48.3 Å². The van der Waals surface area contributed by atoms with E-state index < -0.39 is 0 Å². The van der Waals surface area contributed by atoms with Gasteiger partial charge in [-0.15, -0.1) is 0 Å². The minimum absolute atomic E-state index is 0.0513. The fourth-order valence-electron chi connectivity index (χ4n) is 1.46. The molecule has 0 saturated carbocycles. The number of nitrogens with zero attached hydrogens (tertiary/aromatic N) is 2. The molecule has 78 valence electrons. The normalized spacial score (nSPS) is 12.4. The molecule has 1 unspecified atom stereocenters. The molecule has 0 aliphatic heterocycles. The van der Waals surface area contributed by atoms with Crippen LogP contribution in [0.4, 0.5) is 0 Å². The average molecular weight is 202 g/mol. The summed E-state index contributed by atoms with van der Waals surface area (Å²) in [6, 6.07) is 10.1. The molecule has 1 heterocycles. The molecule has 0 aliphatic carbocycles. The number of rotatable bonds is 3. The summed E-state index contributed by atoms with van der Waals surface area (Å²) in [5.74, 6) is 0.800.